The first-order valence-electron chi connectivity index (χ1n) is 6.38. The van der Waals surface area contributed by atoms with E-state index < -0.39 is 23.9 Å². The number of rotatable bonds is 6. The van der Waals surface area contributed by atoms with E-state index in [1.165, 1.54) is 7.05 Å². The number of urea groups is 1. The van der Waals surface area contributed by atoms with Gasteiger partial charge >= 0.3 is 12.0 Å². The number of aliphatic carboxylic acids is 1. The van der Waals surface area contributed by atoms with Crippen molar-refractivity contribution < 1.29 is 19.5 Å². The molecule has 6 nitrogen and oxygen atoms in total. The van der Waals surface area contributed by atoms with Crippen LogP contribution in [0.3, 0.4) is 0 Å². The Balaban J connectivity index is 2.74. The SMILES string of the molecule is CN(C(=O)CCCCl)C(=O)N[C@@H](C(=O)O)c1ccccc1. The highest BCUT2D eigenvalue weighted by molar-refractivity contribution is 6.18. The third-order valence-electron chi connectivity index (χ3n) is 2.85. The van der Waals surface area contributed by atoms with Crippen LogP contribution in [-0.2, 0) is 9.59 Å². The van der Waals surface area contributed by atoms with Gasteiger partial charge in [0.1, 0.15) is 0 Å². The van der Waals surface area contributed by atoms with Crippen molar-refractivity contribution in [3.63, 3.8) is 0 Å². The summed E-state index contributed by atoms with van der Waals surface area (Å²) < 4.78 is 0. The van der Waals surface area contributed by atoms with Gasteiger partial charge in [0.2, 0.25) is 5.91 Å². The summed E-state index contributed by atoms with van der Waals surface area (Å²) in [5.74, 6) is -1.29. The molecule has 0 unspecified atom stereocenters. The topological polar surface area (TPSA) is 86.7 Å². The molecule has 0 aliphatic heterocycles. The van der Waals surface area contributed by atoms with Crippen molar-refractivity contribution in [1.82, 2.24) is 10.2 Å². The Morgan fingerprint density at radius 3 is 2.43 bits per heavy atom. The minimum absolute atomic E-state index is 0.135. The quantitative estimate of drug-likeness (QED) is 0.787. The first-order valence-corrected chi connectivity index (χ1v) is 6.91. The number of benzene rings is 1. The van der Waals surface area contributed by atoms with Crippen LogP contribution < -0.4 is 5.32 Å². The highest BCUT2D eigenvalue weighted by atomic mass is 35.5. The summed E-state index contributed by atoms with van der Waals surface area (Å²) in [5.41, 5.74) is 0.431. The van der Waals surface area contributed by atoms with Crippen molar-refractivity contribution in [3.8, 4) is 0 Å². The molecule has 0 fully saturated rings. The van der Waals surface area contributed by atoms with E-state index in [1.807, 2.05) is 0 Å². The third kappa shape index (κ3) is 5.07. The lowest BCUT2D eigenvalue weighted by molar-refractivity contribution is -0.139. The monoisotopic (exact) mass is 312 g/mol. The minimum Gasteiger partial charge on any atom is -0.479 e. The summed E-state index contributed by atoms with van der Waals surface area (Å²) in [6.07, 6.45) is 0.593. The fourth-order valence-corrected chi connectivity index (χ4v) is 1.79. The molecule has 1 aromatic carbocycles. The zero-order valence-electron chi connectivity index (χ0n) is 11.6. The lowest BCUT2D eigenvalue weighted by atomic mass is 10.1. The maximum atomic E-state index is 11.9. The minimum atomic E-state index is -1.21. The Kier molecular flexibility index (Phi) is 6.68. The van der Waals surface area contributed by atoms with E-state index in [0.29, 0.717) is 17.9 Å². The number of nitrogens with one attached hydrogen (secondary N) is 1. The van der Waals surface area contributed by atoms with E-state index in [-0.39, 0.29) is 6.42 Å². The Labute approximate surface area is 127 Å². The summed E-state index contributed by atoms with van der Waals surface area (Å²) in [7, 11) is 1.30. The number of halogens is 1. The molecule has 0 saturated carbocycles. The van der Waals surface area contributed by atoms with Crippen molar-refractivity contribution in [2.24, 2.45) is 0 Å². The Bertz CT molecular complexity index is 507. The van der Waals surface area contributed by atoms with Gasteiger partial charge in [-0.2, -0.15) is 0 Å². The molecule has 0 aliphatic carbocycles. The number of carboxylic acids is 1. The highest BCUT2D eigenvalue weighted by Crippen LogP contribution is 2.13. The van der Waals surface area contributed by atoms with Crippen LogP contribution >= 0.6 is 11.6 Å². The molecule has 2 N–H and O–H groups in total. The second kappa shape index (κ2) is 8.26. The van der Waals surface area contributed by atoms with Gasteiger partial charge in [-0.15, -0.1) is 11.6 Å². The van der Waals surface area contributed by atoms with Crippen LogP contribution in [0.1, 0.15) is 24.4 Å². The van der Waals surface area contributed by atoms with E-state index in [2.05, 4.69) is 5.32 Å². The van der Waals surface area contributed by atoms with Crippen LogP contribution in [0, 0.1) is 0 Å². The van der Waals surface area contributed by atoms with Gasteiger partial charge in [0.15, 0.2) is 6.04 Å². The first-order chi connectivity index (χ1) is 9.97. The smallest absolute Gasteiger partial charge is 0.330 e. The zero-order valence-corrected chi connectivity index (χ0v) is 12.3. The molecule has 1 aromatic rings. The van der Waals surface area contributed by atoms with Crippen molar-refractivity contribution in [3.05, 3.63) is 35.9 Å². The lowest BCUT2D eigenvalue weighted by Gasteiger charge is -2.20. The van der Waals surface area contributed by atoms with Crippen LogP contribution in [0.5, 0.6) is 0 Å². The van der Waals surface area contributed by atoms with Crippen LogP contribution in [0.2, 0.25) is 0 Å². The molecule has 0 radical (unpaired) electrons. The summed E-state index contributed by atoms with van der Waals surface area (Å²) in [5, 5.41) is 11.5. The van der Waals surface area contributed by atoms with Crippen molar-refractivity contribution in [2.45, 2.75) is 18.9 Å². The molecule has 1 atom stereocenters. The summed E-state index contributed by atoms with van der Waals surface area (Å²) in [6, 6.07) is 6.31. The van der Waals surface area contributed by atoms with Gasteiger partial charge in [0.05, 0.1) is 0 Å². The molecule has 0 heterocycles. The third-order valence-corrected chi connectivity index (χ3v) is 3.12. The standard InChI is InChI=1S/C14H17ClN2O4/c1-17(11(18)8-5-9-15)14(21)16-12(13(19)20)10-6-3-2-4-7-10/h2-4,6-7,12H,5,8-9H2,1H3,(H,16,21)(H,19,20)/t12-/m1/s1. The fourth-order valence-electron chi connectivity index (χ4n) is 1.65. The molecule has 3 amide bonds. The number of nitrogens with zero attached hydrogens (tertiary/aromatic N) is 1. The maximum absolute atomic E-state index is 11.9. The predicted octanol–water partition coefficient (Wildman–Crippen LogP) is 2.00. The average Bonchev–Trinajstić information content (AvgIpc) is 2.49. The summed E-state index contributed by atoms with van der Waals surface area (Å²) >= 11 is 5.49. The van der Waals surface area contributed by atoms with Gasteiger partial charge in [-0.1, -0.05) is 30.3 Å². The predicted molar refractivity (Wildman–Crippen MR) is 78.1 cm³/mol. The lowest BCUT2D eigenvalue weighted by Crippen LogP contribution is -2.44. The number of amides is 3. The number of carbonyl (C=O) groups is 3. The number of hydrogen-bond donors (Lipinski definition) is 2. The van der Waals surface area contributed by atoms with E-state index in [0.717, 1.165) is 4.90 Å². The fraction of sp³-hybridized carbons (Fsp3) is 0.357. The molecule has 0 aromatic heterocycles. The highest BCUT2D eigenvalue weighted by Gasteiger charge is 2.25. The van der Waals surface area contributed by atoms with Gasteiger partial charge in [0, 0.05) is 19.3 Å². The molecule has 0 saturated heterocycles. The van der Waals surface area contributed by atoms with E-state index >= 15 is 0 Å². The number of carboxylic acid groups (broad SMARTS) is 1. The molecule has 0 bridgehead atoms. The van der Waals surface area contributed by atoms with Gasteiger partial charge < -0.3 is 10.4 Å². The molecule has 0 aliphatic rings. The van der Waals surface area contributed by atoms with Crippen molar-refractivity contribution in [2.75, 3.05) is 12.9 Å². The first kappa shape index (κ1) is 17.0. The number of hydrogen-bond acceptors (Lipinski definition) is 3. The van der Waals surface area contributed by atoms with Crippen molar-refractivity contribution in [1.29, 1.82) is 0 Å². The molecule has 7 heteroatoms. The Morgan fingerprint density at radius 2 is 1.90 bits per heavy atom. The van der Waals surface area contributed by atoms with Crippen molar-refractivity contribution >= 4 is 29.5 Å². The largest absolute Gasteiger partial charge is 0.479 e. The number of carbonyl (C=O) groups excluding carboxylic acids is 2. The molecular formula is C14H17ClN2O4. The second-order valence-electron chi connectivity index (χ2n) is 4.38. The average molecular weight is 313 g/mol. The summed E-state index contributed by atoms with van der Waals surface area (Å²) in [4.78, 5) is 35.8. The van der Waals surface area contributed by atoms with Crippen LogP contribution in [0.4, 0.5) is 4.79 Å². The molecule has 1 rings (SSSR count). The van der Waals surface area contributed by atoms with Gasteiger partial charge in [-0.05, 0) is 12.0 Å². The number of imide groups is 1. The summed E-state index contributed by atoms with van der Waals surface area (Å²) in [6.45, 7) is 0. The molecule has 114 valence electrons. The van der Waals surface area contributed by atoms with Gasteiger partial charge in [-0.25, -0.2) is 9.59 Å². The second-order valence-corrected chi connectivity index (χ2v) is 4.75. The Hall–Kier alpha value is -2.08. The van der Waals surface area contributed by atoms with Crippen LogP contribution in [0.25, 0.3) is 0 Å². The van der Waals surface area contributed by atoms with E-state index in [9.17, 15) is 19.5 Å². The molecule has 21 heavy (non-hydrogen) atoms. The van der Waals surface area contributed by atoms with Crippen LogP contribution in [0.15, 0.2) is 30.3 Å². The molecular weight excluding hydrogens is 296 g/mol. The molecule has 0 spiro atoms. The van der Waals surface area contributed by atoms with Crippen LogP contribution in [-0.4, -0.2) is 40.8 Å². The maximum Gasteiger partial charge on any atom is 0.330 e. The number of alkyl halides is 1. The zero-order chi connectivity index (χ0) is 15.8. The van der Waals surface area contributed by atoms with Gasteiger partial charge in [-0.3, -0.25) is 9.69 Å². The normalized spacial score (nSPS) is 11.5. The Morgan fingerprint density at radius 1 is 1.29 bits per heavy atom. The van der Waals surface area contributed by atoms with Gasteiger partial charge in [0.25, 0.3) is 0 Å². The van der Waals surface area contributed by atoms with E-state index in [1.54, 1.807) is 30.3 Å². The van der Waals surface area contributed by atoms with E-state index in [4.69, 9.17) is 11.6 Å².